The minimum absolute atomic E-state index is 0.0584. The van der Waals surface area contributed by atoms with Crippen LogP contribution in [0.2, 0.25) is 0 Å². The Balaban J connectivity index is 4.19. The Labute approximate surface area is 125 Å². The predicted molar refractivity (Wildman–Crippen MR) is 86.1 cm³/mol. The highest BCUT2D eigenvalue weighted by atomic mass is 16.5. The van der Waals surface area contributed by atoms with Gasteiger partial charge in [-0.3, -0.25) is 0 Å². The second kappa shape index (κ2) is 6.73. The Morgan fingerprint density at radius 2 is 1.30 bits per heavy atom. The van der Waals surface area contributed by atoms with Crippen molar-refractivity contribution < 1.29 is 9.47 Å². The summed E-state index contributed by atoms with van der Waals surface area (Å²) in [5, 5.41) is 3.30. The van der Waals surface area contributed by atoms with Crippen LogP contribution in [0.5, 0.6) is 0 Å². The summed E-state index contributed by atoms with van der Waals surface area (Å²) in [5.74, 6) is 0. The van der Waals surface area contributed by atoms with E-state index >= 15 is 0 Å². The third kappa shape index (κ3) is 7.02. The van der Waals surface area contributed by atoms with E-state index in [2.05, 4.69) is 33.0 Å². The van der Waals surface area contributed by atoms with Gasteiger partial charge in [-0.25, -0.2) is 0 Å². The van der Waals surface area contributed by atoms with E-state index in [1.165, 1.54) is 0 Å². The van der Waals surface area contributed by atoms with Crippen molar-refractivity contribution in [3.63, 3.8) is 0 Å². The average Bonchev–Trinajstić information content (AvgIpc) is 2.21. The summed E-state index contributed by atoms with van der Waals surface area (Å²) in [7, 11) is 1.98. The fraction of sp³-hybridized carbons (Fsp3) is 1.00. The number of nitrogens with one attached hydrogen (secondary N) is 1. The molecule has 0 atom stereocenters. The van der Waals surface area contributed by atoms with Crippen LogP contribution >= 0.6 is 0 Å². The molecule has 20 heavy (non-hydrogen) atoms. The van der Waals surface area contributed by atoms with Crippen molar-refractivity contribution in [2.75, 3.05) is 20.3 Å². The molecule has 122 valence electrons. The predicted octanol–water partition coefficient (Wildman–Crippen LogP) is 2.70. The molecule has 0 bridgehead atoms. The van der Waals surface area contributed by atoms with E-state index in [1.54, 1.807) is 0 Å². The van der Waals surface area contributed by atoms with Crippen LogP contribution in [0.25, 0.3) is 0 Å². The van der Waals surface area contributed by atoms with Crippen LogP contribution < -0.4 is 11.1 Å². The van der Waals surface area contributed by atoms with Gasteiger partial charge in [0.25, 0.3) is 0 Å². The molecule has 0 aromatic carbocycles. The van der Waals surface area contributed by atoms with Crippen molar-refractivity contribution in [3.05, 3.63) is 0 Å². The van der Waals surface area contributed by atoms with Crippen LogP contribution in [0, 0.1) is 0 Å². The Morgan fingerprint density at radius 1 is 0.850 bits per heavy atom. The van der Waals surface area contributed by atoms with E-state index in [1.807, 2.05) is 34.7 Å². The quantitative estimate of drug-likeness (QED) is 0.641. The van der Waals surface area contributed by atoms with Gasteiger partial charge in [-0.2, -0.15) is 0 Å². The molecule has 0 aromatic rings. The van der Waals surface area contributed by atoms with E-state index < -0.39 is 0 Å². The zero-order valence-electron chi connectivity index (χ0n) is 15.0. The fourth-order valence-electron chi connectivity index (χ4n) is 2.00. The smallest absolute Gasteiger partial charge is 0.0800 e. The number of hydrogen-bond donors (Lipinski definition) is 2. The molecule has 0 heterocycles. The minimum atomic E-state index is -0.378. The summed E-state index contributed by atoms with van der Waals surface area (Å²) < 4.78 is 11.8. The summed E-state index contributed by atoms with van der Waals surface area (Å²) in [5.41, 5.74) is 5.24. The first-order valence-corrected chi connectivity index (χ1v) is 7.48. The van der Waals surface area contributed by atoms with Gasteiger partial charge in [-0.15, -0.1) is 0 Å². The molecule has 0 radical (unpaired) electrons. The summed E-state index contributed by atoms with van der Waals surface area (Å²) in [6, 6.07) is 0. The molecule has 0 saturated heterocycles. The van der Waals surface area contributed by atoms with Crippen LogP contribution in [0.4, 0.5) is 0 Å². The van der Waals surface area contributed by atoms with Gasteiger partial charge < -0.3 is 20.5 Å². The lowest BCUT2D eigenvalue weighted by molar-refractivity contribution is -0.110. The fourth-order valence-corrected chi connectivity index (χ4v) is 2.00. The zero-order chi connectivity index (χ0) is 16.2. The summed E-state index contributed by atoms with van der Waals surface area (Å²) in [4.78, 5) is 0. The topological polar surface area (TPSA) is 56.5 Å². The molecule has 0 unspecified atom stereocenters. The highest BCUT2D eigenvalue weighted by Crippen LogP contribution is 2.25. The lowest BCUT2D eigenvalue weighted by Crippen LogP contribution is -2.54. The number of ether oxygens (including phenoxy) is 2. The first-order valence-electron chi connectivity index (χ1n) is 7.48. The van der Waals surface area contributed by atoms with Crippen LogP contribution in [0.1, 0.15) is 61.8 Å². The maximum atomic E-state index is 6.11. The average molecular weight is 288 g/mol. The largest absolute Gasteiger partial charge is 0.373 e. The van der Waals surface area contributed by atoms with Crippen LogP contribution in [-0.2, 0) is 9.47 Å². The van der Waals surface area contributed by atoms with E-state index in [9.17, 15) is 0 Å². The molecule has 4 nitrogen and oxygen atoms in total. The van der Waals surface area contributed by atoms with E-state index in [0.717, 1.165) is 6.42 Å². The van der Waals surface area contributed by atoms with Gasteiger partial charge in [-0.1, -0.05) is 0 Å². The number of rotatable bonds is 9. The highest BCUT2D eigenvalue weighted by molar-refractivity contribution is 4.92. The SMILES string of the molecule is CNC(C)(C)CC(C)(C)OCCOC(C)(C)C(C)(C)N. The molecular weight excluding hydrogens is 252 g/mol. The van der Waals surface area contributed by atoms with E-state index in [4.69, 9.17) is 15.2 Å². The lowest BCUT2D eigenvalue weighted by atomic mass is 9.87. The van der Waals surface area contributed by atoms with Crippen molar-refractivity contribution in [1.29, 1.82) is 0 Å². The maximum Gasteiger partial charge on any atom is 0.0800 e. The summed E-state index contributed by atoms with van der Waals surface area (Å²) >= 11 is 0. The van der Waals surface area contributed by atoms with Crippen molar-refractivity contribution in [2.24, 2.45) is 5.73 Å². The second-order valence-electron chi connectivity index (χ2n) is 8.00. The standard InChI is InChI=1S/C16H36N2O2/c1-13(2,18-9)12-14(3,4)19-10-11-20-16(7,8)15(5,6)17/h18H,10-12,17H2,1-9H3. The van der Waals surface area contributed by atoms with Crippen molar-refractivity contribution in [3.8, 4) is 0 Å². The van der Waals surface area contributed by atoms with Crippen LogP contribution in [0.15, 0.2) is 0 Å². The Kier molecular flexibility index (Phi) is 6.68. The van der Waals surface area contributed by atoms with Crippen molar-refractivity contribution in [2.45, 2.75) is 84.1 Å². The molecule has 0 rings (SSSR count). The van der Waals surface area contributed by atoms with Crippen molar-refractivity contribution in [1.82, 2.24) is 5.32 Å². The third-order valence-corrected chi connectivity index (χ3v) is 4.14. The zero-order valence-corrected chi connectivity index (χ0v) is 15.0. The third-order valence-electron chi connectivity index (χ3n) is 4.14. The molecule has 0 fully saturated rings. The molecule has 0 saturated carbocycles. The van der Waals surface area contributed by atoms with Gasteiger partial charge >= 0.3 is 0 Å². The Bertz CT molecular complexity index is 291. The Morgan fingerprint density at radius 3 is 1.70 bits per heavy atom. The van der Waals surface area contributed by atoms with E-state index in [0.29, 0.717) is 13.2 Å². The number of hydrogen-bond acceptors (Lipinski definition) is 4. The molecular formula is C16H36N2O2. The molecule has 4 heteroatoms. The van der Waals surface area contributed by atoms with E-state index in [-0.39, 0.29) is 22.3 Å². The molecule has 0 aliphatic carbocycles. The van der Waals surface area contributed by atoms with Gasteiger partial charge in [0, 0.05) is 11.1 Å². The minimum Gasteiger partial charge on any atom is -0.373 e. The monoisotopic (exact) mass is 288 g/mol. The van der Waals surface area contributed by atoms with Gasteiger partial charge in [0.2, 0.25) is 0 Å². The second-order valence-corrected chi connectivity index (χ2v) is 8.00. The maximum absolute atomic E-state index is 6.11. The van der Waals surface area contributed by atoms with Gasteiger partial charge in [0.1, 0.15) is 0 Å². The molecule has 0 aliphatic heterocycles. The van der Waals surface area contributed by atoms with Crippen molar-refractivity contribution >= 4 is 0 Å². The Hall–Kier alpha value is -0.160. The molecule has 0 spiro atoms. The van der Waals surface area contributed by atoms with Gasteiger partial charge in [-0.05, 0) is 68.9 Å². The molecule has 0 amide bonds. The summed E-state index contributed by atoms with van der Waals surface area (Å²) in [6.45, 7) is 17.7. The molecule has 0 aliphatic rings. The molecule has 3 N–H and O–H groups in total. The van der Waals surface area contributed by atoms with Gasteiger partial charge in [0.05, 0.1) is 24.4 Å². The lowest BCUT2D eigenvalue weighted by Gasteiger charge is -2.39. The van der Waals surface area contributed by atoms with Crippen LogP contribution in [-0.4, -0.2) is 42.5 Å². The first kappa shape index (κ1) is 19.8. The molecule has 0 aromatic heterocycles. The van der Waals surface area contributed by atoms with Gasteiger partial charge in [0.15, 0.2) is 0 Å². The highest BCUT2D eigenvalue weighted by Gasteiger charge is 2.34. The number of nitrogens with two attached hydrogens (primary N) is 1. The first-order chi connectivity index (χ1) is 8.72. The summed E-state index contributed by atoms with van der Waals surface area (Å²) in [6.07, 6.45) is 0.933. The normalized spacial score (nSPS) is 14.7. The van der Waals surface area contributed by atoms with Crippen LogP contribution in [0.3, 0.4) is 0 Å².